The first-order chi connectivity index (χ1) is 16.0. The van der Waals surface area contributed by atoms with Crippen molar-refractivity contribution in [2.45, 2.75) is 31.8 Å². The number of nitrogens with one attached hydrogen (secondary N) is 1. The SMILES string of the molecule is O=C(O)CCc1cc(-c2ccc3[nH]ccc3c2)c(OC2Cc3ccccc3C2)c([N+](=O)[O-])c1. The molecule has 3 aromatic carbocycles. The van der Waals surface area contributed by atoms with Gasteiger partial charge in [-0.25, -0.2) is 0 Å². The molecule has 0 saturated carbocycles. The van der Waals surface area contributed by atoms with Crippen molar-refractivity contribution in [3.8, 4) is 16.9 Å². The molecule has 0 radical (unpaired) electrons. The van der Waals surface area contributed by atoms with Gasteiger partial charge >= 0.3 is 11.7 Å². The molecule has 0 saturated heterocycles. The summed E-state index contributed by atoms with van der Waals surface area (Å²) in [6, 6.07) is 19.1. The number of aromatic amines is 1. The van der Waals surface area contributed by atoms with Crippen molar-refractivity contribution < 1.29 is 19.6 Å². The van der Waals surface area contributed by atoms with E-state index in [1.54, 1.807) is 0 Å². The van der Waals surface area contributed by atoms with Crippen LogP contribution in [0.5, 0.6) is 5.75 Å². The highest BCUT2D eigenvalue weighted by Gasteiger charge is 2.29. The summed E-state index contributed by atoms with van der Waals surface area (Å²) in [6.45, 7) is 0. The van der Waals surface area contributed by atoms with E-state index < -0.39 is 10.9 Å². The molecule has 0 unspecified atom stereocenters. The van der Waals surface area contributed by atoms with Crippen molar-refractivity contribution in [2.75, 3.05) is 0 Å². The number of nitro groups is 1. The fraction of sp³-hybridized carbons (Fsp3) is 0.192. The second kappa shape index (κ2) is 8.43. The third-order valence-electron chi connectivity index (χ3n) is 6.12. The van der Waals surface area contributed by atoms with Gasteiger partial charge in [0.05, 0.1) is 4.92 Å². The first kappa shape index (κ1) is 20.8. The molecular weight excluding hydrogens is 420 g/mol. The van der Waals surface area contributed by atoms with E-state index >= 15 is 0 Å². The molecule has 1 aliphatic carbocycles. The lowest BCUT2D eigenvalue weighted by atomic mass is 9.97. The summed E-state index contributed by atoms with van der Waals surface area (Å²) < 4.78 is 6.34. The topological polar surface area (TPSA) is 105 Å². The molecule has 5 rings (SSSR count). The highest BCUT2D eigenvalue weighted by atomic mass is 16.6. The molecule has 7 nitrogen and oxygen atoms in total. The van der Waals surface area contributed by atoms with Crippen LogP contribution >= 0.6 is 0 Å². The number of benzene rings is 3. The van der Waals surface area contributed by atoms with Crippen molar-refractivity contribution in [3.63, 3.8) is 0 Å². The average molecular weight is 442 g/mol. The molecular formula is C26H22N2O5. The quantitative estimate of drug-likeness (QED) is 0.298. The van der Waals surface area contributed by atoms with E-state index in [0.29, 0.717) is 24.0 Å². The number of hydrogen-bond donors (Lipinski definition) is 2. The number of aliphatic carboxylic acids is 1. The van der Waals surface area contributed by atoms with E-state index in [1.165, 1.54) is 17.2 Å². The lowest BCUT2D eigenvalue weighted by Crippen LogP contribution is -2.18. The van der Waals surface area contributed by atoms with Crippen LogP contribution in [0.2, 0.25) is 0 Å². The van der Waals surface area contributed by atoms with Gasteiger partial charge in [-0.05, 0) is 58.3 Å². The van der Waals surface area contributed by atoms with Gasteiger partial charge in [0.25, 0.3) is 0 Å². The van der Waals surface area contributed by atoms with Gasteiger partial charge in [0.15, 0.2) is 0 Å². The van der Waals surface area contributed by atoms with Gasteiger partial charge in [0, 0.05) is 42.6 Å². The number of carboxylic acid groups (broad SMARTS) is 1. The first-order valence-corrected chi connectivity index (χ1v) is 10.8. The summed E-state index contributed by atoms with van der Waals surface area (Å²) in [5.41, 5.74) is 5.19. The summed E-state index contributed by atoms with van der Waals surface area (Å²) in [6.07, 6.45) is 3.10. The molecule has 0 spiro atoms. The zero-order valence-corrected chi connectivity index (χ0v) is 17.8. The molecule has 1 heterocycles. The summed E-state index contributed by atoms with van der Waals surface area (Å²) in [4.78, 5) is 25.9. The van der Waals surface area contributed by atoms with Crippen LogP contribution in [0.1, 0.15) is 23.1 Å². The van der Waals surface area contributed by atoms with E-state index in [0.717, 1.165) is 16.5 Å². The van der Waals surface area contributed by atoms with Gasteiger partial charge in [-0.3, -0.25) is 14.9 Å². The minimum Gasteiger partial charge on any atom is -0.482 e. The summed E-state index contributed by atoms with van der Waals surface area (Å²) >= 11 is 0. The van der Waals surface area contributed by atoms with E-state index in [-0.39, 0.29) is 30.4 Å². The molecule has 0 amide bonds. The maximum Gasteiger partial charge on any atom is 0.311 e. The first-order valence-electron chi connectivity index (χ1n) is 10.8. The molecule has 166 valence electrons. The molecule has 2 N–H and O–H groups in total. The molecule has 33 heavy (non-hydrogen) atoms. The maximum atomic E-state index is 12.1. The van der Waals surface area contributed by atoms with Crippen molar-refractivity contribution in [3.05, 3.63) is 93.7 Å². The van der Waals surface area contributed by atoms with Crippen LogP contribution in [0, 0.1) is 10.1 Å². The lowest BCUT2D eigenvalue weighted by molar-refractivity contribution is -0.386. The molecule has 0 aliphatic heterocycles. The molecule has 1 aliphatic rings. The Morgan fingerprint density at radius 2 is 1.85 bits per heavy atom. The van der Waals surface area contributed by atoms with E-state index in [4.69, 9.17) is 9.84 Å². The Hall–Kier alpha value is -4.13. The Morgan fingerprint density at radius 3 is 2.55 bits per heavy atom. The third-order valence-corrected chi connectivity index (χ3v) is 6.12. The van der Waals surface area contributed by atoms with Crippen LogP contribution in [0.15, 0.2) is 66.9 Å². The normalized spacial score (nSPS) is 13.2. The molecule has 0 bridgehead atoms. The van der Waals surface area contributed by atoms with Crippen molar-refractivity contribution >= 4 is 22.6 Å². The van der Waals surface area contributed by atoms with Crippen molar-refractivity contribution in [1.82, 2.24) is 4.98 Å². The fourth-order valence-corrected chi connectivity index (χ4v) is 4.53. The van der Waals surface area contributed by atoms with Crippen LogP contribution in [0.3, 0.4) is 0 Å². The minimum atomic E-state index is -0.947. The standard InChI is InChI=1S/C26H22N2O5/c29-25(30)8-5-16-11-22(19-6-7-23-20(13-19)9-10-27-23)26(24(12-16)28(31)32)33-21-14-17-3-1-2-4-18(17)15-21/h1-4,6-7,9-13,21,27H,5,8,14-15H2,(H,29,30). The van der Waals surface area contributed by atoms with Crippen molar-refractivity contribution in [2.24, 2.45) is 0 Å². The Morgan fingerprint density at radius 1 is 1.09 bits per heavy atom. The van der Waals surface area contributed by atoms with Gasteiger partial charge in [0.2, 0.25) is 5.75 Å². The zero-order valence-electron chi connectivity index (χ0n) is 17.8. The number of nitro benzene ring substituents is 1. The van der Waals surface area contributed by atoms with Crippen LogP contribution in [0.25, 0.3) is 22.0 Å². The van der Waals surface area contributed by atoms with E-state index in [2.05, 4.69) is 17.1 Å². The maximum absolute atomic E-state index is 12.1. The highest BCUT2D eigenvalue weighted by molar-refractivity contribution is 5.87. The average Bonchev–Trinajstić information content (AvgIpc) is 3.43. The predicted octanol–water partition coefficient (Wildman–Crippen LogP) is 5.31. The van der Waals surface area contributed by atoms with Crippen LogP contribution in [0.4, 0.5) is 5.69 Å². The molecule has 0 atom stereocenters. The number of fused-ring (bicyclic) bond motifs is 2. The van der Waals surface area contributed by atoms with E-state index in [1.807, 2.05) is 48.7 Å². The Bertz CT molecular complexity index is 1350. The third kappa shape index (κ3) is 4.17. The highest BCUT2D eigenvalue weighted by Crippen LogP contribution is 2.42. The second-order valence-corrected chi connectivity index (χ2v) is 8.34. The number of H-pyrrole nitrogens is 1. The zero-order chi connectivity index (χ0) is 22.9. The smallest absolute Gasteiger partial charge is 0.311 e. The van der Waals surface area contributed by atoms with Crippen LogP contribution < -0.4 is 4.74 Å². The molecule has 1 aromatic heterocycles. The number of rotatable bonds is 7. The fourth-order valence-electron chi connectivity index (χ4n) is 4.53. The monoisotopic (exact) mass is 442 g/mol. The minimum absolute atomic E-state index is 0.106. The molecule has 0 fully saturated rings. The summed E-state index contributed by atoms with van der Waals surface area (Å²) in [5, 5.41) is 22.1. The second-order valence-electron chi connectivity index (χ2n) is 8.34. The Labute approximate surface area is 189 Å². The van der Waals surface area contributed by atoms with Crippen LogP contribution in [-0.2, 0) is 24.1 Å². The number of nitrogens with zero attached hydrogens (tertiary/aromatic N) is 1. The number of aryl methyl sites for hydroxylation is 1. The van der Waals surface area contributed by atoms with Gasteiger partial charge in [-0.1, -0.05) is 30.3 Å². The van der Waals surface area contributed by atoms with E-state index in [9.17, 15) is 14.9 Å². The Kier molecular flexibility index (Phi) is 5.30. The summed E-state index contributed by atoms with van der Waals surface area (Å²) in [5.74, 6) is -0.719. The number of hydrogen-bond acceptors (Lipinski definition) is 4. The Balaban J connectivity index is 1.60. The summed E-state index contributed by atoms with van der Waals surface area (Å²) in [7, 11) is 0. The number of aromatic nitrogens is 1. The van der Waals surface area contributed by atoms with Crippen molar-refractivity contribution in [1.29, 1.82) is 0 Å². The van der Waals surface area contributed by atoms with Crippen LogP contribution in [-0.4, -0.2) is 27.1 Å². The number of carboxylic acids is 1. The van der Waals surface area contributed by atoms with Gasteiger partial charge in [-0.2, -0.15) is 0 Å². The van der Waals surface area contributed by atoms with Gasteiger partial charge in [0.1, 0.15) is 6.10 Å². The predicted molar refractivity (Wildman–Crippen MR) is 125 cm³/mol. The molecule has 4 aromatic rings. The number of ether oxygens (including phenoxy) is 1. The lowest BCUT2D eigenvalue weighted by Gasteiger charge is -2.18. The largest absolute Gasteiger partial charge is 0.482 e. The van der Waals surface area contributed by atoms with Gasteiger partial charge in [-0.15, -0.1) is 0 Å². The number of carbonyl (C=O) groups is 1. The van der Waals surface area contributed by atoms with Gasteiger partial charge < -0.3 is 14.8 Å². The molecule has 7 heteroatoms.